The van der Waals surface area contributed by atoms with Crippen LogP contribution in [0.25, 0.3) is 0 Å². The summed E-state index contributed by atoms with van der Waals surface area (Å²) in [7, 11) is 0. The lowest BCUT2D eigenvalue weighted by atomic mass is 9.31. The van der Waals surface area contributed by atoms with Gasteiger partial charge < -0.3 is 5.11 Å². The molecule has 0 saturated heterocycles. The second kappa shape index (κ2) is 7.35. The lowest BCUT2D eigenvalue weighted by Crippen LogP contribution is -2.66. The van der Waals surface area contributed by atoms with Gasteiger partial charge in [0.25, 0.3) is 0 Å². The van der Waals surface area contributed by atoms with Crippen LogP contribution >= 0.6 is 0 Å². The number of carboxylic acid groups (broad SMARTS) is 1. The number of carboxylic acids is 1. The molecular formula is C30H50O2. The van der Waals surface area contributed by atoms with Crippen LogP contribution in [0, 0.1) is 50.2 Å². The first kappa shape index (κ1) is 24.3. The Labute approximate surface area is 198 Å². The van der Waals surface area contributed by atoms with Crippen molar-refractivity contribution >= 4 is 5.97 Å². The summed E-state index contributed by atoms with van der Waals surface area (Å²) < 4.78 is 0. The van der Waals surface area contributed by atoms with Gasteiger partial charge >= 0.3 is 5.97 Å². The topological polar surface area (TPSA) is 37.3 Å². The van der Waals surface area contributed by atoms with E-state index in [0.717, 1.165) is 12.3 Å². The zero-order chi connectivity index (χ0) is 23.8. The van der Waals surface area contributed by atoms with Crippen molar-refractivity contribution in [3.05, 3.63) is 12.7 Å². The van der Waals surface area contributed by atoms with Crippen molar-refractivity contribution in [1.82, 2.24) is 0 Å². The summed E-state index contributed by atoms with van der Waals surface area (Å²) in [6, 6.07) is 0. The van der Waals surface area contributed by atoms with Crippen molar-refractivity contribution in [2.24, 2.45) is 50.2 Å². The molecule has 4 aliphatic carbocycles. The van der Waals surface area contributed by atoms with E-state index in [1.807, 2.05) is 0 Å². The zero-order valence-corrected chi connectivity index (χ0v) is 22.2. The molecule has 0 aliphatic heterocycles. The van der Waals surface area contributed by atoms with Crippen molar-refractivity contribution < 1.29 is 9.90 Å². The highest BCUT2D eigenvalue weighted by Gasteiger charge is 2.69. The van der Waals surface area contributed by atoms with Crippen LogP contribution in [-0.2, 0) is 4.79 Å². The Hall–Kier alpha value is -0.790. The molecule has 0 aromatic rings. The summed E-state index contributed by atoms with van der Waals surface area (Å²) >= 11 is 0. The number of carbonyl (C=O) groups is 1. The molecule has 182 valence electrons. The maximum absolute atomic E-state index is 11.6. The minimum atomic E-state index is -0.646. The molecular weight excluding hydrogens is 392 g/mol. The summed E-state index contributed by atoms with van der Waals surface area (Å²) in [4.78, 5) is 11.6. The largest absolute Gasteiger partial charge is 0.481 e. The van der Waals surface area contributed by atoms with Gasteiger partial charge in [0.1, 0.15) is 0 Å². The van der Waals surface area contributed by atoms with E-state index >= 15 is 0 Å². The third kappa shape index (κ3) is 3.28. The quantitative estimate of drug-likeness (QED) is 0.443. The Bertz CT molecular complexity index is 784. The molecule has 0 aromatic carbocycles. The van der Waals surface area contributed by atoms with Crippen molar-refractivity contribution in [2.75, 3.05) is 0 Å². The molecule has 2 nitrogen and oxygen atoms in total. The van der Waals surface area contributed by atoms with Crippen LogP contribution in [-0.4, -0.2) is 11.1 Å². The Morgan fingerprint density at radius 2 is 1.47 bits per heavy atom. The number of hydrogen-bond donors (Lipinski definition) is 1. The number of hydrogen-bond acceptors (Lipinski definition) is 1. The van der Waals surface area contributed by atoms with E-state index in [1.165, 1.54) is 57.8 Å². The molecule has 0 radical (unpaired) electrons. The molecule has 4 rings (SSSR count). The molecule has 0 unspecified atom stereocenters. The minimum Gasteiger partial charge on any atom is -0.481 e. The van der Waals surface area contributed by atoms with Gasteiger partial charge in [-0.15, -0.1) is 6.58 Å². The van der Waals surface area contributed by atoms with Crippen LogP contribution < -0.4 is 0 Å². The van der Waals surface area contributed by atoms with Crippen molar-refractivity contribution in [3.63, 3.8) is 0 Å². The number of rotatable bonds is 4. The van der Waals surface area contributed by atoms with Gasteiger partial charge in [0, 0.05) is 6.42 Å². The van der Waals surface area contributed by atoms with Crippen molar-refractivity contribution in [1.29, 1.82) is 0 Å². The third-order valence-electron chi connectivity index (χ3n) is 12.7. The first-order chi connectivity index (χ1) is 14.7. The van der Waals surface area contributed by atoms with E-state index in [1.54, 1.807) is 0 Å². The first-order valence-corrected chi connectivity index (χ1v) is 13.5. The average molecular weight is 443 g/mol. The summed E-state index contributed by atoms with van der Waals surface area (Å²) in [6.45, 7) is 22.2. The van der Waals surface area contributed by atoms with Gasteiger partial charge in [-0.3, -0.25) is 4.79 Å². The fraction of sp³-hybridized carbons (Fsp3) is 0.900. The molecule has 2 heteroatoms. The molecule has 4 saturated carbocycles. The first-order valence-electron chi connectivity index (χ1n) is 13.5. The van der Waals surface area contributed by atoms with E-state index in [-0.39, 0.29) is 10.8 Å². The highest BCUT2D eigenvalue weighted by Crippen LogP contribution is 2.77. The van der Waals surface area contributed by atoms with Crippen molar-refractivity contribution in [3.8, 4) is 0 Å². The predicted octanol–water partition coefficient (Wildman–Crippen LogP) is 8.51. The van der Waals surface area contributed by atoms with Gasteiger partial charge in [0.05, 0.1) is 0 Å². The van der Waals surface area contributed by atoms with Gasteiger partial charge in [-0.05, 0) is 114 Å². The summed E-state index contributed by atoms with van der Waals surface area (Å²) in [5.74, 6) is 1.27. The van der Waals surface area contributed by atoms with Crippen LogP contribution in [0.1, 0.15) is 119 Å². The average Bonchev–Trinajstić information content (AvgIpc) is 2.70. The van der Waals surface area contributed by atoms with Gasteiger partial charge in [-0.1, -0.05) is 54.5 Å². The van der Waals surface area contributed by atoms with E-state index in [9.17, 15) is 9.90 Å². The van der Waals surface area contributed by atoms with Crippen molar-refractivity contribution in [2.45, 2.75) is 119 Å². The van der Waals surface area contributed by atoms with E-state index in [4.69, 9.17) is 0 Å². The van der Waals surface area contributed by atoms with Crippen LogP contribution in [0.3, 0.4) is 0 Å². The standard InChI is InChI=1S/C30H50O2/c1-9-26(4)13-12-22-28(6,21(26)10-11-24(31)32)17-19-30(8)23-20-25(2,3)14-15-27(23,5)16-18-29(22,30)7/h9,21-23H,1,10-20H2,2-8H3,(H,31,32)/t21-,22+,23-,26-,27-,28+,29-,30+/m1/s1. The smallest absolute Gasteiger partial charge is 0.303 e. The molecule has 4 aliphatic rings. The molecule has 1 N–H and O–H groups in total. The summed E-state index contributed by atoms with van der Waals surface area (Å²) in [6.07, 6.45) is 15.2. The molecule has 4 fully saturated rings. The van der Waals surface area contributed by atoms with Crippen LogP contribution in [0.2, 0.25) is 0 Å². The Kier molecular flexibility index (Phi) is 5.59. The fourth-order valence-corrected chi connectivity index (χ4v) is 10.3. The number of allylic oxidation sites excluding steroid dienone is 1. The molecule has 32 heavy (non-hydrogen) atoms. The third-order valence-corrected chi connectivity index (χ3v) is 12.7. The Morgan fingerprint density at radius 3 is 2.09 bits per heavy atom. The lowest BCUT2D eigenvalue weighted by Gasteiger charge is -2.74. The monoisotopic (exact) mass is 442 g/mol. The van der Waals surface area contributed by atoms with Gasteiger partial charge in [-0.25, -0.2) is 0 Å². The number of fused-ring (bicyclic) bond motifs is 5. The van der Waals surface area contributed by atoms with E-state index in [0.29, 0.717) is 39.9 Å². The SMILES string of the molecule is C=C[C@]1(C)CC[C@H]2[C@@](C)(CC[C@@]3(C)[C@@H]4CC(C)(C)CC[C@]4(C)CC[C@]23C)[C@@H]1CCC(=O)O. The van der Waals surface area contributed by atoms with Gasteiger partial charge in [0.15, 0.2) is 0 Å². The lowest BCUT2D eigenvalue weighted by molar-refractivity contribution is -0.247. The maximum Gasteiger partial charge on any atom is 0.303 e. The molecule has 0 aromatic heterocycles. The van der Waals surface area contributed by atoms with Gasteiger partial charge in [-0.2, -0.15) is 0 Å². The highest BCUT2D eigenvalue weighted by molar-refractivity contribution is 5.66. The van der Waals surface area contributed by atoms with E-state index in [2.05, 4.69) is 61.1 Å². The molecule has 8 atom stereocenters. The second-order valence-corrected chi connectivity index (χ2v) is 14.7. The van der Waals surface area contributed by atoms with Crippen LogP contribution in [0.5, 0.6) is 0 Å². The minimum absolute atomic E-state index is 0.0564. The zero-order valence-electron chi connectivity index (χ0n) is 22.2. The molecule has 0 amide bonds. The van der Waals surface area contributed by atoms with Gasteiger partial charge in [0.2, 0.25) is 0 Å². The molecule has 0 spiro atoms. The normalized spacial score (nSPS) is 52.3. The fourth-order valence-electron chi connectivity index (χ4n) is 10.3. The predicted molar refractivity (Wildman–Crippen MR) is 133 cm³/mol. The van der Waals surface area contributed by atoms with Crippen LogP contribution in [0.4, 0.5) is 0 Å². The molecule has 0 bridgehead atoms. The Morgan fingerprint density at radius 1 is 0.875 bits per heavy atom. The second-order valence-electron chi connectivity index (χ2n) is 14.7. The number of aliphatic carboxylic acids is 1. The maximum atomic E-state index is 11.6. The Balaban J connectivity index is 1.74. The summed E-state index contributed by atoms with van der Waals surface area (Å²) in [5, 5.41) is 9.53. The molecule has 0 heterocycles. The van der Waals surface area contributed by atoms with Crippen LogP contribution in [0.15, 0.2) is 12.7 Å². The highest BCUT2D eigenvalue weighted by atomic mass is 16.4. The van der Waals surface area contributed by atoms with E-state index < -0.39 is 5.97 Å². The summed E-state index contributed by atoms with van der Waals surface area (Å²) in [5.41, 5.74) is 1.97.